The standard InChI is InChI=1S/C27H39N3O6/c1-9-11-13-21(25(33)35-8)29-22(31)17-28-24(32)23(30(7)26(34)36-27(4,5)6)20-15-14-18(3)19(16-20)12-10-2/h9-10,14-16,21,23H,1-2,11-13,17H2,3-8H3,(H,28,32)(H,29,31). The average Bonchev–Trinajstić information content (AvgIpc) is 2.80. The van der Waals surface area contributed by atoms with Gasteiger partial charge in [-0.3, -0.25) is 14.5 Å². The maximum absolute atomic E-state index is 13.3. The fraction of sp³-hybridized carbons (Fsp3) is 0.481. The number of likely N-dealkylation sites (N-methyl/N-ethyl adjacent to an activating group) is 1. The van der Waals surface area contributed by atoms with Gasteiger partial charge in [-0.25, -0.2) is 9.59 Å². The van der Waals surface area contributed by atoms with E-state index >= 15 is 0 Å². The van der Waals surface area contributed by atoms with Crippen molar-refractivity contribution in [3.05, 3.63) is 60.2 Å². The molecule has 0 bridgehead atoms. The molecule has 36 heavy (non-hydrogen) atoms. The van der Waals surface area contributed by atoms with E-state index in [1.807, 2.05) is 19.1 Å². The first kappa shape index (κ1) is 30.4. The van der Waals surface area contributed by atoms with Gasteiger partial charge in [0.25, 0.3) is 0 Å². The minimum atomic E-state index is -1.06. The number of amides is 3. The number of methoxy groups -OCH3 is 1. The first-order chi connectivity index (χ1) is 16.8. The van der Waals surface area contributed by atoms with Gasteiger partial charge in [0.2, 0.25) is 11.8 Å². The lowest BCUT2D eigenvalue weighted by atomic mass is 9.97. The molecule has 0 heterocycles. The zero-order valence-electron chi connectivity index (χ0n) is 22.2. The smallest absolute Gasteiger partial charge is 0.410 e. The maximum atomic E-state index is 13.3. The van der Waals surface area contributed by atoms with E-state index in [1.54, 1.807) is 39.0 Å². The summed E-state index contributed by atoms with van der Waals surface area (Å²) in [6, 6.07) is 3.54. The van der Waals surface area contributed by atoms with Crippen molar-refractivity contribution in [1.29, 1.82) is 0 Å². The number of carbonyl (C=O) groups excluding carboxylic acids is 4. The quantitative estimate of drug-likeness (QED) is 0.335. The Morgan fingerprint density at radius 1 is 1.14 bits per heavy atom. The van der Waals surface area contributed by atoms with Gasteiger partial charge in [-0.15, -0.1) is 13.2 Å². The Morgan fingerprint density at radius 3 is 2.36 bits per heavy atom. The van der Waals surface area contributed by atoms with Crippen molar-refractivity contribution < 1.29 is 28.7 Å². The number of carbonyl (C=O) groups is 4. The zero-order chi connectivity index (χ0) is 27.5. The topological polar surface area (TPSA) is 114 Å². The first-order valence-corrected chi connectivity index (χ1v) is 11.8. The normalized spacial score (nSPS) is 12.5. The number of nitrogens with zero attached hydrogens (tertiary/aromatic N) is 1. The molecule has 2 N–H and O–H groups in total. The predicted octanol–water partition coefficient (Wildman–Crippen LogP) is 3.37. The molecule has 0 aliphatic heterocycles. The van der Waals surface area contributed by atoms with E-state index in [0.29, 0.717) is 24.8 Å². The van der Waals surface area contributed by atoms with E-state index in [4.69, 9.17) is 9.47 Å². The predicted molar refractivity (Wildman–Crippen MR) is 138 cm³/mol. The van der Waals surface area contributed by atoms with E-state index in [1.165, 1.54) is 19.1 Å². The van der Waals surface area contributed by atoms with Crippen molar-refractivity contribution in [2.45, 2.75) is 64.6 Å². The lowest BCUT2D eigenvalue weighted by Gasteiger charge is -2.30. The van der Waals surface area contributed by atoms with Crippen LogP contribution in [0.4, 0.5) is 4.79 Å². The van der Waals surface area contributed by atoms with Crippen LogP contribution in [0.5, 0.6) is 0 Å². The van der Waals surface area contributed by atoms with Crippen LogP contribution in [0.25, 0.3) is 0 Å². The SMILES string of the molecule is C=CCCC(NC(=O)CNC(=O)C(c1ccc(C)c(CC=C)c1)N(C)C(=O)OC(C)(C)C)C(=O)OC. The summed E-state index contributed by atoms with van der Waals surface area (Å²) < 4.78 is 10.2. The molecule has 9 heteroatoms. The highest BCUT2D eigenvalue weighted by Crippen LogP contribution is 2.25. The summed E-state index contributed by atoms with van der Waals surface area (Å²) in [7, 11) is 2.70. The van der Waals surface area contributed by atoms with Crippen LogP contribution in [-0.4, -0.2) is 61.1 Å². The van der Waals surface area contributed by atoms with Crippen molar-refractivity contribution >= 4 is 23.9 Å². The molecule has 2 atom stereocenters. The lowest BCUT2D eigenvalue weighted by Crippen LogP contribution is -2.48. The number of rotatable bonds is 12. The van der Waals surface area contributed by atoms with E-state index in [-0.39, 0.29) is 0 Å². The molecule has 1 rings (SSSR count). The summed E-state index contributed by atoms with van der Waals surface area (Å²) in [6.45, 7) is 14.1. The van der Waals surface area contributed by atoms with E-state index in [9.17, 15) is 19.2 Å². The molecule has 198 valence electrons. The minimum Gasteiger partial charge on any atom is -0.467 e. The van der Waals surface area contributed by atoms with Crippen LogP contribution >= 0.6 is 0 Å². The monoisotopic (exact) mass is 501 g/mol. The van der Waals surface area contributed by atoms with Gasteiger partial charge in [0.15, 0.2) is 0 Å². The summed E-state index contributed by atoms with van der Waals surface area (Å²) in [6.07, 6.45) is 4.10. The Kier molecular flexibility index (Phi) is 11.9. The van der Waals surface area contributed by atoms with E-state index in [0.717, 1.165) is 11.1 Å². The molecule has 0 aromatic heterocycles. The molecule has 2 unspecified atom stereocenters. The molecule has 9 nitrogen and oxygen atoms in total. The van der Waals surface area contributed by atoms with Gasteiger partial charge < -0.3 is 20.1 Å². The van der Waals surface area contributed by atoms with Gasteiger partial charge in [0, 0.05) is 7.05 Å². The number of allylic oxidation sites excluding steroid dienone is 2. The fourth-order valence-corrected chi connectivity index (χ4v) is 3.41. The van der Waals surface area contributed by atoms with Crippen LogP contribution in [0.1, 0.15) is 56.3 Å². The number of esters is 1. The van der Waals surface area contributed by atoms with Crippen molar-refractivity contribution in [3.63, 3.8) is 0 Å². The molecule has 0 saturated carbocycles. The van der Waals surface area contributed by atoms with Crippen molar-refractivity contribution in [1.82, 2.24) is 15.5 Å². The molecule has 1 aromatic rings. The molecule has 0 aliphatic rings. The fourth-order valence-electron chi connectivity index (χ4n) is 3.41. The van der Waals surface area contributed by atoms with E-state index < -0.39 is 48.1 Å². The third-order valence-electron chi connectivity index (χ3n) is 5.27. The molecule has 3 amide bonds. The van der Waals surface area contributed by atoms with Crippen LogP contribution in [-0.2, 0) is 30.3 Å². The summed E-state index contributed by atoms with van der Waals surface area (Å²) in [5.74, 6) is -1.74. The number of ether oxygens (including phenoxy) is 2. The summed E-state index contributed by atoms with van der Waals surface area (Å²) in [5.41, 5.74) is 1.77. The largest absolute Gasteiger partial charge is 0.467 e. The number of aryl methyl sites for hydroxylation is 1. The molecule has 0 radical (unpaired) electrons. The van der Waals surface area contributed by atoms with Gasteiger partial charge in [-0.1, -0.05) is 30.4 Å². The highest BCUT2D eigenvalue weighted by molar-refractivity contribution is 5.91. The van der Waals surface area contributed by atoms with Gasteiger partial charge in [0.05, 0.1) is 13.7 Å². The molecular weight excluding hydrogens is 462 g/mol. The molecule has 0 spiro atoms. The molecular formula is C27H39N3O6. The summed E-state index contributed by atoms with van der Waals surface area (Å²) in [5, 5.41) is 5.13. The number of benzene rings is 1. The lowest BCUT2D eigenvalue weighted by molar-refractivity contribution is -0.145. The second-order valence-corrected chi connectivity index (χ2v) is 9.40. The second kappa shape index (κ2) is 14.1. The molecule has 0 aliphatic carbocycles. The number of hydrogen-bond donors (Lipinski definition) is 2. The van der Waals surface area contributed by atoms with Crippen molar-refractivity contribution in [2.24, 2.45) is 0 Å². The first-order valence-electron chi connectivity index (χ1n) is 11.8. The van der Waals surface area contributed by atoms with Gasteiger partial charge in [-0.2, -0.15) is 0 Å². The van der Waals surface area contributed by atoms with Crippen LogP contribution in [0.15, 0.2) is 43.5 Å². The Morgan fingerprint density at radius 2 is 1.81 bits per heavy atom. The third kappa shape index (κ3) is 9.56. The van der Waals surface area contributed by atoms with Gasteiger partial charge in [0.1, 0.15) is 17.7 Å². The maximum Gasteiger partial charge on any atom is 0.410 e. The zero-order valence-corrected chi connectivity index (χ0v) is 22.2. The second-order valence-electron chi connectivity index (χ2n) is 9.40. The van der Waals surface area contributed by atoms with Gasteiger partial charge in [-0.05, 0) is 63.6 Å². The van der Waals surface area contributed by atoms with Crippen molar-refractivity contribution in [2.75, 3.05) is 20.7 Å². The molecule has 0 fully saturated rings. The van der Waals surface area contributed by atoms with Crippen LogP contribution in [0.3, 0.4) is 0 Å². The molecule has 1 aromatic carbocycles. The number of hydrogen-bond acceptors (Lipinski definition) is 6. The van der Waals surface area contributed by atoms with Crippen LogP contribution < -0.4 is 10.6 Å². The van der Waals surface area contributed by atoms with Crippen molar-refractivity contribution in [3.8, 4) is 0 Å². The summed E-state index contributed by atoms with van der Waals surface area (Å²) >= 11 is 0. The summed E-state index contributed by atoms with van der Waals surface area (Å²) in [4.78, 5) is 51.8. The van der Waals surface area contributed by atoms with E-state index in [2.05, 4.69) is 23.8 Å². The Bertz CT molecular complexity index is 967. The van der Waals surface area contributed by atoms with Gasteiger partial charge >= 0.3 is 12.1 Å². The van der Waals surface area contributed by atoms with Crippen LogP contribution in [0, 0.1) is 6.92 Å². The Hall–Kier alpha value is -3.62. The van der Waals surface area contributed by atoms with Crippen LogP contribution in [0.2, 0.25) is 0 Å². The molecule has 0 saturated heterocycles. The Labute approximate surface area is 213 Å². The minimum absolute atomic E-state index is 0.315. The third-order valence-corrected chi connectivity index (χ3v) is 5.27. The highest BCUT2D eigenvalue weighted by atomic mass is 16.6. The average molecular weight is 502 g/mol. The highest BCUT2D eigenvalue weighted by Gasteiger charge is 2.32. The number of nitrogens with one attached hydrogen (secondary N) is 2. The Balaban J connectivity index is 3.14.